The molecule has 0 amide bonds. The molecular weight excluding hydrogens is 262 g/mol. The number of thioether (sulfide) groups is 1. The van der Waals surface area contributed by atoms with E-state index < -0.39 is 0 Å². The lowest BCUT2D eigenvalue weighted by atomic mass is 10.2. The van der Waals surface area contributed by atoms with Crippen LogP contribution in [-0.4, -0.2) is 14.2 Å². The third kappa shape index (κ3) is 3.54. The molecule has 1 aromatic heterocycles. The summed E-state index contributed by atoms with van der Waals surface area (Å²) < 4.78 is 11.1. The van der Waals surface area contributed by atoms with Crippen LogP contribution in [0.2, 0.25) is 0 Å². The molecule has 2 rings (SSSR count). The molecule has 0 saturated heterocycles. The van der Waals surface area contributed by atoms with Crippen molar-refractivity contribution in [3.05, 3.63) is 53.5 Å². The van der Waals surface area contributed by atoms with E-state index in [2.05, 4.69) is 0 Å². The van der Waals surface area contributed by atoms with Crippen LogP contribution >= 0.6 is 11.8 Å². The maximum absolute atomic E-state index is 11.3. The maximum Gasteiger partial charge on any atom is 0.197 e. The van der Waals surface area contributed by atoms with Crippen molar-refractivity contribution in [2.75, 3.05) is 14.2 Å². The van der Waals surface area contributed by atoms with E-state index >= 15 is 0 Å². The molecule has 0 bridgehead atoms. The quantitative estimate of drug-likeness (QED) is 0.479. The molecule has 0 fully saturated rings. The summed E-state index contributed by atoms with van der Waals surface area (Å²) in [4.78, 5) is 0.829. The number of methoxy groups -OCH3 is 2. The van der Waals surface area contributed by atoms with Crippen molar-refractivity contribution in [3.63, 3.8) is 0 Å². The Morgan fingerprint density at radius 2 is 1.84 bits per heavy atom. The zero-order chi connectivity index (χ0) is 13.7. The summed E-state index contributed by atoms with van der Waals surface area (Å²) in [6.45, 7) is 0. The van der Waals surface area contributed by atoms with Crippen LogP contribution in [0.1, 0.15) is 5.56 Å². The van der Waals surface area contributed by atoms with Crippen LogP contribution in [-0.2, 0) is 5.75 Å². The lowest BCUT2D eigenvalue weighted by molar-refractivity contribution is -0.607. The van der Waals surface area contributed by atoms with Crippen LogP contribution in [0.4, 0.5) is 0 Å². The fourth-order valence-corrected chi connectivity index (χ4v) is 2.59. The van der Waals surface area contributed by atoms with Crippen molar-refractivity contribution in [3.8, 4) is 11.5 Å². The van der Waals surface area contributed by atoms with Gasteiger partial charge >= 0.3 is 0 Å². The molecule has 0 unspecified atom stereocenters. The first-order valence-corrected chi connectivity index (χ1v) is 6.74. The highest BCUT2D eigenvalue weighted by Crippen LogP contribution is 2.30. The van der Waals surface area contributed by atoms with Gasteiger partial charge in [-0.1, -0.05) is 12.1 Å². The van der Waals surface area contributed by atoms with Crippen molar-refractivity contribution < 1.29 is 14.2 Å². The summed E-state index contributed by atoms with van der Waals surface area (Å²) in [6.07, 6.45) is 2.95. The molecule has 100 valence electrons. The molecule has 5 heteroatoms. The number of rotatable bonds is 5. The first-order valence-electron chi connectivity index (χ1n) is 5.75. The zero-order valence-electron chi connectivity index (χ0n) is 10.8. The molecular formula is C14H15NO3S. The number of nitrogens with zero attached hydrogens (tertiary/aromatic N) is 1. The Bertz CT molecular complexity index is 543. The van der Waals surface area contributed by atoms with Gasteiger partial charge in [-0.3, -0.25) is 0 Å². The number of hydrogen-bond donors (Lipinski definition) is 0. The first kappa shape index (κ1) is 13.5. The molecule has 4 nitrogen and oxygen atoms in total. The van der Waals surface area contributed by atoms with Gasteiger partial charge in [-0.2, -0.15) is 4.73 Å². The zero-order valence-corrected chi connectivity index (χ0v) is 11.6. The van der Waals surface area contributed by atoms with Crippen molar-refractivity contribution in [2.45, 2.75) is 10.6 Å². The number of aromatic nitrogens is 1. The van der Waals surface area contributed by atoms with Gasteiger partial charge in [-0.25, -0.2) is 0 Å². The average molecular weight is 277 g/mol. The van der Waals surface area contributed by atoms with E-state index in [1.54, 1.807) is 32.0 Å². The molecule has 1 aromatic carbocycles. The van der Waals surface area contributed by atoms with E-state index in [-0.39, 0.29) is 0 Å². The molecule has 0 atom stereocenters. The van der Waals surface area contributed by atoms with Crippen molar-refractivity contribution in [2.24, 2.45) is 0 Å². The second kappa shape index (κ2) is 6.33. The summed E-state index contributed by atoms with van der Waals surface area (Å²) in [7, 11) is 3.24. The highest BCUT2D eigenvalue weighted by molar-refractivity contribution is 7.98. The SMILES string of the molecule is COc1ccc(CSc2c[n+]([O-])ccc2OC)cc1. The number of hydrogen-bond acceptors (Lipinski definition) is 4. The summed E-state index contributed by atoms with van der Waals surface area (Å²) in [6, 6.07) is 9.53. The van der Waals surface area contributed by atoms with E-state index in [4.69, 9.17) is 9.47 Å². The van der Waals surface area contributed by atoms with Crippen LogP contribution in [0.15, 0.2) is 47.6 Å². The molecule has 0 spiro atoms. The predicted octanol–water partition coefficient (Wildman–Crippen LogP) is 2.63. The largest absolute Gasteiger partial charge is 0.619 e. The van der Waals surface area contributed by atoms with E-state index in [1.165, 1.54) is 12.4 Å². The first-order chi connectivity index (χ1) is 9.22. The molecule has 0 aliphatic rings. The van der Waals surface area contributed by atoms with Gasteiger partial charge in [0.05, 0.1) is 14.2 Å². The Hall–Kier alpha value is -1.88. The fourth-order valence-electron chi connectivity index (χ4n) is 1.61. The molecule has 0 saturated carbocycles. The Morgan fingerprint density at radius 1 is 1.11 bits per heavy atom. The normalized spacial score (nSPS) is 10.2. The minimum atomic E-state index is 0.714. The second-order valence-electron chi connectivity index (χ2n) is 3.87. The summed E-state index contributed by atoms with van der Waals surface area (Å²) in [5.41, 5.74) is 1.16. The van der Waals surface area contributed by atoms with Gasteiger partial charge in [-0.05, 0) is 17.7 Å². The van der Waals surface area contributed by atoms with Gasteiger partial charge in [0.15, 0.2) is 12.4 Å². The van der Waals surface area contributed by atoms with E-state index in [9.17, 15) is 5.21 Å². The third-order valence-corrected chi connectivity index (χ3v) is 3.73. The number of pyridine rings is 1. The van der Waals surface area contributed by atoms with Crippen LogP contribution < -0.4 is 14.2 Å². The van der Waals surface area contributed by atoms with Crippen LogP contribution in [0.25, 0.3) is 0 Å². The predicted molar refractivity (Wildman–Crippen MR) is 74.5 cm³/mol. The van der Waals surface area contributed by atoms with Crippen molar-refractivity contribution >= 4 is 11.8 Å². The van der Waals surface area contributed by atoms with Gasteiger partial charge in [0, 0.05) is 11.8 Å². The molecule has 0 aliphatic carbocycles. The Labute approximate surface area is 116 Å². The minimum Gasteiger partial charge on any atom is -0.619 e. The summed E-state index contributed by atoms with van der Waals surface area (Å²) >= 11 is 1.57. The van der Waals surface area contributed by atoms with E-state index in [0.717, 1.165) is 26.7 Å². The molecule has 1 heterocycles. The van der Waals surface area contributed by atoms with Gasteiger partial charge in [0.25, 0.3) is 0 Å². The highest BCUT2D eigenvalue weighted by Gasteiger charge is 2.08. The lowest BCUT2D eigenvalue weighted by Crippen LogP contribution is -2.24. The molecule has 0 radical (unpaired) electrons. The van der Waals surface area contributed by atoms with Crippen LogP contribution in [0, 0.1) is 5.21 Å². The highest BCUT2D eigenvalue weighted by atomic mass is 32.2. The standard InChI is InChI=1S/C14H15NO3S/c1-17-12-5-3-11(4-6-12)10-19-14-9-15(16)8-7-13(14)18-2/h3-9H,10H2,1-2H3. The van der Waals surface area contributed by atoms with Gasteiger partial charge in [-0.15, -0.1) is 11.8 Å². The summed E-state index contributed by atoms with van der Waals surface area (Å²) in [5.74, 6) is 2.32. The fraction of sp³-hybridized carbons (Fsp3) is 0.214. The smallest absolute Gasteiger partial charge is 0.197 e. The van der Waals surface area contributed by atoms with Gasteiger partial charge in [0.2, 0.25) is 0 Å². The van der Waals surface area contributed by atoms with Crippen LogP contribution in [0.5, 0.6) is 11.5 Å². The molecule has 19 heavy (non-hydrogen) atoms. The second-order valence-corrected chi connectivity index (χ2v) is 4.89. The van der Waals surface area contributed by atoms with E-state index in [1.807, 2.05) is 24.3 Å². The minimum absolute atomic E-state index is 0.714. The topological polar surface area (TPSA) is 45.4 Å². The number of ether oxygens (including phenoxy) is 2. The van der Waals surface area contributed by atoms with Crippen LogP contribution in [0.3, 0.4) is 0 Å². The molecule has 2 aromatic rings. The van der Waals surface area contributed by atoms with Crippen molar-refractivity contribution in [1.82, 2.24) is 0 Å². The average Bonchev–Trinajstić information content (AvgIpc) is 2.46. The lowest BCUT2D eigenvalue weighted by Gasteiger charge is -2.07. The van der Waals surface area contributed by atoms with E-state index in [0.29, 0.717) is 5.75 Å². The Morgan fingerprint density at radius 3 is 2.47 bits per heavy atom. The molecule has 0 aliphatic heterocycles. The van der Waals surface area contributed by atoms with Gasteiger partial charge in [0.1, 0.15) is 16.4 Å². The van der Waals surface area contributed by atoms with Crippen molar-refractivity contribution in [1.29, 1.82) is 0 Å². The Balaban J connectivity index is 2.07. The van der Waals surface area contributed by atoms with Gasteiger partial charge < -0.3 is 14.7 Å². The summed E-state index contributed by atoms with van der Waals surface area (Å²) in [5, 5.41) is 11.3. The maximum atomic E-state index is 11.3. The third-order valence-electron chi connectivity index (χ3n) is 2.63. The monoisotopic (exact) mass is 277 g/mol. The molecule has 0 N–H and O–H groups in total. The Kier molecular flexibility index (Phi) is 4.52. The number of benzene rings is 1.